The maximum atomic E-state index is 12.5. The van der Waals surface area contributed by atoms with E-state index in [1.165, 1.54) is 0 Å². The molecule has 4 nitrogen and oxygen atoms in total. The monoisotopic (exact) mass is 262 g/mol. The van der Waals surface area contributed by atoms with Crippen molar-refractivity contribution in [3.05, 3.63) is 29.8 Å². The highest BCUT2D eigenvalue weighted by molar-refractivity contribution is 5.94. The van der Waals surface area contributed by atoms with Crippen LogP contribution in [0.2, 0.25) is 0 Å². The fraction of sp³-hybridized carbons (Fsp3) is 0.533. The lowest BCUT2D eigenvalue weighted by Gasteiger charge is -2.29. The van der Waals surface area contributed by atoms with Gasteiger partial charge in [0, 0.05) is 18.7 Å². The second kappa shape index (κ2) is 6.06. The second-order valence-corrected chi connectivity index (χ2v) is 5.14. The summed E-state index contributed by atoms with van der Waals surface area (Å²) in [6.07, 6.45) is 3.33. The van der Waals surface area contributed by atoms with Gasteiger partial charge in [-0.1, -0.05) is 12.5 Å². The fourth-order valence-electron chi connectivity index (χ4n) is 2.91. The van der Waals surface area contributed by atoms with Gasteiger partial charge in [0.15, 0.2) is 0 Å². The molecule has 2 rings (SSSR count). The lowest BCUT2D eigenvalue weighted by atomic mass is 10.0. The summed E-state index contributed by atoms with van der Waals surface area (Å²) >= 11 is 0. The lowest BCUT2D eigenvalue weighted by molar-refractivity contribution is 0.0699. The number of methoxy groups -OCH3 is 1. The molecular weight excluding hydrogens is 240 g/mol. The van der Waals surface area contributed by atoms with E-state index in [1.54, 1.807) is 13.2 Å². The van der Waals surface area contributed by atoms with Gasteiger partial charge in [-0.2, -0.15) is 0 Å². The molecule has 1 amide bonds. The first-order chi connectivity index (χ1) is 9.17. The third kappa shape index (κ3) is 2.89. The van der Waals surface area contributed by atoms with Crippen LogP contribution in [0.25, 0.3) is 0 Å². The number of hydrogen-bond acceptors (Lipinski definition) is 3. The van der Waals surface area contributed by atoms with Crippen LogP contribution >= 0.6 is 0 Å². The fourth-order valence-corrected chi connectivity index (χ4v) is 2.91. The molecule has 1 aromatic carbocycles. The van der Waals surface area contributed by atoms with Crippen molar-refractivity contribution in [2.24, 2.45) is 11.7 Å². The average Bonchev–Trinajstić information content (AvgIpc) is 2.94. The minimum absolute atomic E-state index is 0.0456. The molecule has 0 saturated heterocycles. The number of nitrogens with zero attached hydrogens (tertiary/aromatic N) is 1. The molecule has 0 aliphatic heterocycles. The quantitative estimate of drug-likeness (QED) is 0.901. The second-order valence-electron chi connectivity index (χ2n) is 5.14. The Morgan fingerprint density at radius 3 is 2.95 bits per heavy atom. The van der Waals surface area contributed by atoms with Gasteiger partial charge in [-0.15, -0.1) is 0 Å². The van der Waals surface area contributed by atoms with Gasteiger partial charge < -0.3 is 15.4 Å². The van der Waals surface area contributed by atoms with E-state index in [4.69, 9.17) is 10.5 Å². The zero-order chi connectivity index (χ0) is 13.8. The van der Waals surface area contributed by atoms with Crippen LogP contribution in [0.4, 0.5) is 0 Å². The predicted molar refractivity (Wildman–Crippen MR) is 75.3 cm³/mol. The van der Waals surface area contributed by atoms with Gasteiger partial charge in [-0.25, -0.2) is 0 Å². The molecule has 1 aliphatic rings. The van der Waals surface area contributed by atoms with Gasteiger partial charge in [0.25, 0.3) is 5.91 Å². The van der Waals surface area contributed by atoms with Crippen molar-refractivity contribution >= 4 is 5.91 Å². The summed E-state index contributed by atoms with van der Waals surface area (Å²) in [5, 5.41) is 0. The Labute approximate surface area is 114 Å². The van der Waals surface area contributed by atoms with Crippen molar-refractivity contribution in [1.82, 2.24) is 4.90 Å². The van der Waals surface area contributed by atoms with Crippen molar-refractivity contribution in [1.29, 1.82) is 0 Å². The molecule has 0 spiro atoms. The smallest absolute Gasteiger partial charge is 0.253 e. The highest BCUT2D eigenvalue weighted by Gasteiger charge is 2.32. The predicted octanol–water partition coefficient (Wildman–Crippen LogP) is 1.89. The van der Waals surface area contributed by atoms with Crippen molar-refractivity contribution in [2.45, 2.75) is 25.3 Å². The number of carbonyl (C=O) groups is 1. The van der Waals surface area contributed by atoms with Crippen molar-refractivity contribution in [2.75, 3.05) is 20.7 Å². The van der Waals surface area contributed by atoms with Gasteiger partial charge in [0.05, 0.1) is 7.11 Å². The van der Waals surface area contributed by atoms with E-state index in [1.807, 2.05) is 30.1 Å². The van der Waals surface area contributed by atoms with E-state index in [2.05, 4.69) is 0 Å². The average molecular weight is 262 g/mol. The van der Waals surface area contributed by atoms with Crippen molar-refractivity contribution in [3.8, 4) is 5.75 Å². The minimum Gasteiger partial charge on any atom is -0.497 e. The van der Waals surface area contributed by atoms with E-state index in [0.29, 0.717) is 23.8 Å². The molecule has 1 aliphatic carbocycles. The summed E-state index contributed by atoms with van der Waals surface area (Å²) in [5.74, 6) is 1.19. The van der Waals surface area contributed by atoms with Gasteiger partial charge in [0.2, 0.25) is 0 Å². The molecule has 0 radical (unpaired) electrons. The van der Waals surface area contributed by atoms with Gasteiger partial charge >= 0.3 is 0 Å². The molecule has 0 bridgehead atoms. The molecule has 2 N–H and O–H groups in total. The third-order valence-corrected chi connectivity index (χ3v) is 4.06. The Bertz CT molecular complexity index is 448. The molecule has 0 aromatic heterocycles. The SMILES string of the molecule is COc1cccc(C(=O)N(C)C2CCCC2CN)c1. The molecule has 4 heteroatoms. The summed E-state index contributed by atoms with van der Waals surface area (Å²) in [5.41, 5.74) is 6.46. The number of benzene rings is 1. The molecule has 0 heterocycles. The van der Waals surface area contributed by atoms with E-state index < -0.39 is 0 Å². The lowest BCUT2D eigenvalue weighted by Crippen LogP contribution is -2.41. The largest absolute Gasteiger partial charge is 0.497 e. The highest BCUT2D eigenvalue weighted by atomic mass is 16.5. The Morgan fingerprint density at radius 1 is 1.47 bits per heavy atom. The maximum absolute atomic E-state index is 12.5. The first-order valence-electron chi connectivity index (χ1n) is 6.78. The molecule has 19 heavy (non-hydrogen) atoms. The Morgan fingerprint density at radius 2 is 2.26 bits per heavy atom. The number of ether oxygens (including phenoxy) is 1. The molecule has 2 atom stereocenters. The highest BCUT2D eigenvalue weighted by Crippen LogP contribution is 2.29. The third-order valence-electron chi connectivity index (χ3n) is 4.06. The molecule has 1 fully saturated rings. The van der Waals surface area contributed by atoms with Crippen LogP contribution in [0.1, 0.15) is 29.6 Å². The Kier molecular flexibility index (Phi) is 4.43. The first-order valence-corrected chi connectivity index (χ1v) is 6.78. The van der Waals surface area contributed by atoms with Crippen LogP contribution in [-0.4, -0.2) is 37.6 Å². The van der Waals surface area contributed by atoms with Crippen LogP contribution in [0, 0.1) is 5.92 Å². The summed E-state index contributed by atoms with van der Waals surface area (Å²) < 4.78 is 5.16. The van der Waals surface area contributed by atoms with Crippen LogP contribution < -0.4 is 10.5 Å². The molecule has 104 valence electrons. The maximum Gasteiger partial charge on any atom is 0.253 e. The van der Waals surface area contributed by atoms with E-state index in [0.717, 1.165) is 19.3 Å². The zero-order valence-electron chi connectivity index (χ0n) is 11.6. The number of rotatable bonds is 4. The zero-order valence-corrected chi connectivity index (χ0v) is 11.6. The number of nitrogens with two attached hydrogens (primary N) is 1. The van der Waals surface area contributed by atoms with Crippen LogP contribution in [-0.2, 0) is 0 Å². The van der Waals surface area contributed by atoms with Crippen molar-refractivity contribution < 1.29 is 9.53 Å². The summed E-state index contributed by atoms with van der Waals surface area (Å²) in [6, 6.07) is 7.56. The van der Waals surface area contributed by atoms with E-state index >= 15 is 0 Å². The normalized spacial score (nSPS) is 22.3. The molecule has 1 aromatic rings. The van der Waals surface area contributed by atoms with E-state index in [9.17, 15) is 4.79 Å². The molecule has 1 saturated carbocycles. The van der Waals surface area contributed by atoms with Crippen LogP contribution in [0.15, 0.2) is 24.3 Å². The summed E-state index contributed by atoms with van der Waals surface area (Å²) in [7, 11) is 3.48. The topological polar surface area (TPSA) is 55.6 Å². The number of amides is 1. The van der Waals surface area contributed by atoms with Gasteiger partial charge in [-0.3, -0.25) is 4.79 Å². The van der Waals surface area contributed by atoms with Crippen LogP contribution in [0.5, 0.6) is 5.75 Å². The molecular formula is C15H22N2O2. The van der Waals surface area contributed by atoms with Gasteiger partial charge in [0.1, 0.15) is 5.75 Å². The van der Waals surface area contributed by atoms with Crippen molar-refractivity contribution in [3.63, 3.8) is 0 Å². The Hall–Kier alpha value is -1.55. The van der Waals surface area contributed by atoms with Crippen LogP contribution in [0.3, 0.4) is 0 Å². The minimum atomic E-state index is 0.0456. The standard InChI is InChI=1S/C15H22N2O2/c1-17(14-8-4-6-12(14)10-16)15(18)11-5-3-7-13(9-11)19-2/h3,5,7,9,12,14H,4,6,8,10,16H2,1-2H3. The number of carbonyl (C=O) groups excluding carboxylic acids is 1. The van der Waals surface area contributed by atoms with E-state index in [-0.39, 0.29) is 11.9 Å². The molecule has 2 unspecified atom stereocenters. The first kappa shape index (κ1) is 13.9. The summed E-state index contributed by atoms with van der Waals surface area (Å²) in [4.78, 5) is 14.3. The Balaban J connectivity index is 2.14. The summed E-state index contributed by atoms with van der Waals surface area (Å²) in [6.45, 7) is 0.653. The van der Waals surface area contributed by atoms with Gasteiger partial charge in [-0.05, 0) is 43.5 Å². The number of hydrogen-bond donors (Lipinski definition) is 1.